The number of halogens is 1. The Balaban J connectivity index is 1.83. The van der Waals surface area contributed by atoms with Crippen molar-refractivity contribution in [2.75, 3.05) is 11.9 Å². The first-order valence-electron chi connectivity index (χ1n) is 4.80. The van der Waals surface area contributed by atoms with Gasteiger partial charge in [0.25, 0.3) is 0 Å². The molecule has 0 amide bonds. The molecular formula is C11H12BrN3. The summed E-state index contributed by atoms with van der Waals surface area (Å²) >= 11 is 3.44. The van der Waals surface area contributed by atoms with Gasteiger partial charge in [0.1, 0.15) is 0 Å². The summed E-state index contributed by atoms with van der Waals surface area (Å²) in [6.45, 7) is 1.82. The van der Waals surface area contributed by atoms with Crippen molar-refractivity contribution < 1.29 is 0 Å². The highest BCUT2D eigenvalue weighted by Gasteiger charge is 1.93. The van der Waals surface area contributed by atoms with Gasteiger partial charge in [-0.2, -0.15) is 0 Å². The predicted molar refractivity (Wildman–Crippen MR) is 64.9 cm³/mol. The summed E-state index contributed by atoms with van der Waals surface area (Å²) < 4.78 is 3.14. The van der Waals surface area contributed by atoms with Gasteiger partial charge in [0, 0.05) is 35.6 Å². The first kappa shape index (κ1) is 10.2. The maximum atomic E-state index is 3.99. The van der Waals surface area contributed by atoms with Gasteiger partial charge in [-0.1, -0.05) is 22.0 Å². The van der Waals surface area contributed by atoms with Crippen molar-refractivity contribution in [1.29, 1.82) is 0 Å². The molecule has 0 bridgehead atoms. The van der Waals surface area contributed by atoms with Crippen LogP contribution in [0.2, 0.25) is 0 Å². The van der Waals surface area contributed by atoms with Crippen LogP contribution in [0.4, 0.5) is 5.69 Å². The minimum absolute atomic E-state index is 0.896. The Bertz CT molecular complexity index is 412. The van der Waals surface area contributed by atoms with Gasteiger partial charge in [-0.25, -0.2) is 4.98 Å². The van der Waals surface area contributed by atoms with E-state index in [4.69, 9.17) is 0 Å². The van der Waals surface area contributed by atoms with Gasteiger partial charge in [0.05, 0.1) is 6.33 Å². The largest absolute Gasteiger partial charge is 0.383 e. The van der Waals surface area contributed by atoms with E-state index in [1.807, 2.05) is 29.2 Å². The molecule has 0 aliphatic heterocycles. The lowest BCUT2D eigenvalue weighted by Crippen LogP contribution is -2.08. The third kappa shape index (κ3) is 3.09. The van der Waals surface area contributed by atoms with Gasteiger partial charge in [-0.05, 0) is 18.2 Å². The second kappa shape index (κ2) is 4.98. The third-order valence-electron chi connectivity index (χ3n) is 2.08. The quantitative estimate of drug-likeness (QED) is 0.922. The highest BCUT2D eigenvalue weighted by molar-refractivity contribution is 9.10. The first-order chi connectivity index (χ1) is 7.34. The number of nitrogens with zero attached hydrogens (tertiary/aromatic N) is 2. The monoisotopic (exact) mass is 265 g/mol. The lowest BCUT2D eigenvalue weighted by atomic mass is 10.3. The van der Waals surface area contributed by atoms with E-state index in [-0.39, 0.29) is 0 Å². The fourth-order valence-electron chi connectivity index (χ4n) is 1.35. The number of rotatable bonds is 4. The number of hydrogen-bond acceptors (Lipinski definition) is 2. The summed E-state index contributed by atoms with van der Waals surface area (Å²) in [4.78, 5) is 3.99. The molecule has 3 nitrogen and oxygen atoms in total. The van der Waals surface area contributed by atoms with Crippen LogP contribution in [0.25, 0.3) is 0 Å². The van der Waals surface area contributed by atoms with Crippen LogP contribution in [-0.4, -0.2) is 16.1 Å². The van der Waals surface area contributed by atoms with Gasteiger partial charge in [-0.15, -0.1) is 0 Å². The highest BCUT2D eigenvalue weighted by atomic mass is 79.9. The van der Waals surface area contributed by atoms with Crippen LogP contribution in [0, 0.1) is 0 Å². The van der Waals surface area contributed by atoms with Crippen LogP contribution < -0.4 is 5.32 Å². The Morgan fingerprint density at radius 3 is 3.07 bits per heavy atom. The maximum absolute atomic E-state index is 3.99. The zero-order valence-corrected chi connectivity index (χ0v) is 9.81. The number of hydrogen-bond donors (Lipinski definition) is 1. The van der Waals surface area contributed by atoms with Crippen molar-refractivity contribution in [2.24, 2.45) is 0 Å². The van der Waals surface area contributed by atoms with Gasteiger partial charge in [0.2, 0.25) is 0 Å². The minimum Gasteiger partial charge on any atom is -0.383 e. The molecule has 1 aromatic heterocycles. The summed E-state index contributed by atoms with van der Waals surface area (Å²) in [7, 11) is 0. The molecule has 4 heteroatoms. The summed E-state index contributed by atoms with van der Waals surface area (Å²) in [5, 5.41) is 3.35. The highest BCUT2D eigenvalue weighted by Crippen LogP contribution is 2.15. The van der Waals surface area contributed by atoms with Crippen molar-refractivity contribution in [3.63, 3.8) is 0 Å². The number of benzene rings is 1. The molecule has 0 saturated heterocycles. The molecule has 1 heterocycles. The van der Waals surface area contributed by atoms with Crippen LogP contribution in [0.3, 0.4) is 0 Å². The van der Waals surface area contributed by atoms with Crippen molar-refractivity contribution in [1.82, 2.24) is 9.55 Å². The molecular weight excluding hydrogens is 254 g/mol. The fourth-order valence-corrected chi connectivity index (χ4v) is 1.75. The minimum atomic E-state index is 0.896. The zero-order chi connectivity index (χ0) is 10.5. The van der Waals surface area contributed by atoms with E-state index in [1.54, 1.807) is 6.20 Å². The molecule has 2 aromatic rings. The lowest BCUT2D eigenvalue weighted by Gasteiger charge is -2.06. The number of anilines is 1. The van der Waals surface area contributed by atoms with Gasteiger partial charge >= 0.3 is 0 Å². The second-order valence-corrected chi connectivity index (χ2v) is 4.15. The van der Waals surface area contributed by atoms with E-state index in [1.165, 1.54) is 0 Å². The Morgan fingerprint density at radius 1 is 1.40 bits per heavy atom. The number of nitrogens with one attached hydrogen (secondary N) is 1. The van der Waals surface area contributed by atoms with Crippen molar-refractivity contribution in [3.8, 4) is 0 Å². The van der Waals surface area contributed by atoms with Crippen LogP contribution in [0.15, 0.2) is 47.5 Å². The van der Waals surface area contributed by atoms with Crippen molar-refractivity contribution in [2.45, 2.75) is 6.54 Å². The summed E-state index contributed by atoms with van der Waals surface area (Å²) in [6.07, 6.45) is 5.57. The summed E-state index contributed by atoms with van der Waals surface area (Å²) in [6, 6.07) is 8.15. The molecule has 0 unspecified atom stereocenters. The topological polar surface area (TPSA) is 29.9 Å². The van der Waals surface area contributed by atoms with E-state index in [0.29, 0.717) is 0 Å². The number of aromatic nitrogens is 2. The van der Waals surface area contributed by atoms with E-state index < -0.39 is 0 Å². The number of imidazole rings is 1. The predicted octanol–water partition coefficient (Wildman–Crippen LogP) is 2.76. The normalized spacial score (nSPS) is 10.2. The molecule has 0 aliphatic carbocycles. The third-order valence-corrected chi connectivity index (χ3v) is 2.58. The smallest absolute Gasteiger partial charge is 0.0946 e. The van der Waals surface area contributed by atoms with Crippen molar-refractivity contribution >= 4 is 21.6 Å². The zero-order valence-electron chi connectivity index (χ0n) is 8.23. The lowest BCUT2D eigenvalue weighted by molar-refractivity contribution is 0.727. The second-order valence-electron chi connectivity index (χ2n) is 3.24. The van der Waals surface area contributed by atoms with E-state index in [2.05, 4.69) is 38.4 Å². The summed E-state index contributed by atoms with van der Waals surface area (Å²) in [5.74, 6) is 0. The fraction of sp³-hybridized carbons (Fsp3) is 0.182. The Morgan fingerprint density at radius 2 is 2.33 bits per heavy atom. The molecule has 0 radical (unpaired) electrons. The van der Waals surface area contributed by atoms with Crippen LogP contribution in [0.5, 0.6) is 0 Å². The molecule has 0 saturated carbocycles. The van der Waals surface area contributed by atoms with Crippen molar-refractivity contribution in [3.05, 3.63) is 47.5 Å². The Labute approximate surface area is 97.3 Å². The molecule has 0 atom stereocenters. The molecule has 0 aliphatic rings. The molecule has 15 heavy (non-hydrogen) atoms. The molecule has 0 spiro atoms. The molecule has 78 valence electrons. The molecule has 0 fully saturated rings. The van der Waals surface area contributed by atoms with Gasteiger partial charge in [-0.3, -0.25) is 0 Å². The molecule has 2 rings (SSSR count). The first-order valence-corrected chi connectivity index (χ1v) is 5.59. The average Bonchev–Trinajstić information content (AvgIpc) is 2.71. The average molecular weight is 266 g/mol. The standard InChI is InChI=1S/C11H12BrN3/c12-10-2-1-3-11(8-10)14-5-7-15-6-4-13-9-15/h1-4,6,8-9,14H,5,7H2. The van der Waals surface area contributed by atoms with Crippen LogP contribution in [0.1, 0.15) is 0 Å². The van der Waals surface area contributed by atoms with Crippen LogP contribution in [-0.2, 0) is 6.54 Å². The van der Waals surface area contributed by atoms with E-state index in [0.717, 1.165) is 23.2 Å². The Kier molecular flexibility index (Phi) is 3.40. The van der Waals surface area contributed by atoms with E-state index in [9.17, 15) is 0 Å². The maximum Gasteiger partial charge on any atom is 0.0946 e. The van der Waals surface area contributed by atoms with Gasteiger partial charge < -0.3 is 9.88 Å². The summed E-state index contributed by atoms with van der Waals surface area (Å²) in [5.41, 5.74) is 1.13. The van der Waals surface area contributed by atoms with Gasteiger partial charge in [0.15, 0.2) is 0 Å². The molecule has 1 aromatic carbocycles. The molecule has 1 N–H and O–H groups in total. The van der Waals surface area contributed by atoms with E-state index >= 15 is 0 Å². The Hall–Kier alpha value is -1.29. The SMILES string of the molecule is Brc1cccc(NCCn2ccnc2)c1. The van der Waals surface area contributed by atoms with Crippen LogP contribution >= 0.6 is 15.9 Å².